The van der Waals surface area contributed by atoms with Gasteiger partial charge in [0, 0.05) is 18.1 Å². The molecule has 0 aliphatic rings. The molecular formula is C14H18ClN5O. The van der Waals surface area contributed by atoms with Gasteiger partial charge in [0.2, 0.25) is 11.9 Å². The van der Waals surface area contributed by atoms with E-state index in [9.17, 15) is 0 Å². The fourth-order valence-electron chi connectivity index (χ4n) is 1.88. The van der Waals surface area contributed by atoms with Gasteiger partial charge in [-0.05, 0) is 44.5 Å². The highest BCUT2D eigenvalue weighted by atomic mass is 35.5. The molecule has 0 atom stereocenters. The highest BCUT2D eigenvalue weighted by molar-refractivity contribution is 6.30. The van der Waals surface area contributed by atoms with Crippen LogP contribution in [0.2, 0.25) is 5.02 Å². The quantitative estimate of drug-likeness (QED) is 0.914. The zero-order valence-corrected chi connectivity index (χ0v) is 13.1. The maximum absolute atomic E-state index is 5.93. The van der Waals surface area contributed by atoms with E-state index < -0.39 is 0 Å². The molecular weight excluding hydrogens is 290 g/mol. The van der Waals surface area contributed by atoms with Crippen molar-refractivity contribution >= 4 is 23.5 Å². The Kier molecular flexibility index (Phi) is 4.80. The molecule has 2 aromatic rings. The molecule has 0 aliphatic carbocycles. The Bertz CT molecular complexity index is 631. The summed E-state index contributed by atoms with van der Waals surface area (Å²) in [5.74, 6) is 1.28. The van der Waals surface area contributed by atoms with Crippen LogP contribution >= 0.6 is 11.6 Å². The van der Waals surface area contributed by atoms with Crippen molar-refractivity contribution in [3.05, 3.63) is 28.8 Å². The van der Waals surface area contributed by atoms with Crippen LogP contribution < -0.4 is 15.4 Å². The lowest BCUT2D eigenvalue weighted by Gasteiger charge is -2.18. The average Bonchev–Trinajstić information content (AvgIpc) is 2.43. The van der Waals surface area contributed by atoms with Crippen LogP contribution in [0.15, 0.2) is 18.2 Å². The topological polar surface area (TPSA) is 77.2 Å². The molecule has 0 saturated heterocycles. The predicted molar refractivity (Wildman–Crippen MR) is 84.1 cm³/mol. The third-order valence-corrected chi connectivity index (χ3v) is 3.24. The molecule has 0 saturated carbocycles. The second kappa shape index (κ2) is 6.58. The molecule has 2 N–H and O–H groups in total. The lowest BCUT2D eigenvalue weighted by atomic mass is 10.2. The van der Waals surface area contributed by atoms with Crippen LogP contribution in [0.1, 0.15) is 19.4 Å². The van der Waals surface area contributed by atoms with Gasteiger partial charge in [-0.2, -0.15) is 15.0 Å². The van der Waals surface area contributed by atoms with E-state index in [0.717, 1.165) is 18.7 Å². The van der Waals surface area contributed by atoms with Gasteiger partial charge in [0.05, 0.1) is 0 Å². The van der Waals surface area contributed by atoms with Gasteiger partial charge in [-0.15, -0.1) is 0 Å². The number of anilines is 2. The lowest BCUT2D eigenvalue weighted by molar-refractivity contribution is 0.437. The summed E-state index contributed by atoms with van der Waals surface area (Å²) in [4.78, 5) is 14.4. The van der Waals surface area contributed by atoms with Crippen molar-refractivity contribution in [1.82, 2.24) is 15.0 Å². The van der Waals surface area contributed by atoms with Gasteiger partial charge in [0.15, 0.2) is 0 Å². The highest BCUT2D eigenvalue weighted by Crippen LogP contribution is 2.26. The number of nitrogen functional groups attached to an aromatic ring is 1. The summed E-state index contributed by atoms with van der Waals surface area (Å²) < 4.78 is 5.70. The number of ether oxygens (including phenoxy) is 1. The fourth-order valence-corrected chi connectivity index (χ4v) is 2.11. The standard InChI is InChI=1S/C14H18ClN5O/c1-4-20(5-2)13-17-12(16)18-14(19-13)21-11-7-6-10(15)8-9(11)3/h6-8H,4-5H2,1-3H3,(H2,16,17,18,19). The summed E-state index contributed by atoms with van der Waals surface area (Å²) in [5.41, 5.74) is 6.63. The van der Waals surface area contributed by atoms with Crippen molar-refractivity contribution in [1.29, 1.82) is 0 Å². The molecule has 2 rings (SSSR count). The molecule has 1 aromatic carbocycles. The van der Waals surface area contributed by atoms with Gasteiger partial charge in [0.1, 0.15) is 5.75 Å². The Morgan fingerprint density at radius 2 is 1.90 bits per heavy atom. The first kappa shape index (κ1) is 15.3. The van der Waals surface area contributed by atoms with E-state index in [1.807, 2.05) is 31.7 Å². The van der Waals surface area contributed by atoms with Crippen LogP contribution in [0.25, 0.3) is 0 Å². The first-order valence-electron chi connectivity index (χ1n) is 6.74. The molecule has 0 radical (unpaired) electrons. The predicted octanol–water partition coefficient (Wildman–Crippen LogP) is 3.05. The number of aryl methyl sites for hydroxylation is 1. The summed E-state index contributed by atoms with van der Waals surface area (Å²) in [7, 11) is 0. The van der Waals surface area contributed by atoms with E-state index in [0.29, 0.717) is 16.7 Å². The van der Waals surface area contributed by atoms with Crippen LogP contribution in [0.4, 0.5) is 11.9 Å². The average molecular weight is 308 g/mol. The number of aromatic nitrogens is 3. The number of halogens is 1. The molecule has 0 aliphatic heterocycles. The van der Waals surface area contributed by atoms with Gasteiger partial charge >= 0.3 is 6.01 Å². The Morgan fingerprint density at radius 3 is 2.52 bits per heavy atom. The third-order valence-electron chi connectivity index (χ3n) is 3.00. The monoisotopic (exact) mass is 307 g/mol. The third kappa shape index (κ3) is 3.72. The number of benzene rings is 1. The highest BCUT2D eigenvalue weighted by Gasteiger charge is 2.12. The van der Waals surface area contributed by atoms with E-state index in [1.54, 1.807) is 12.1 Å². The molecule has 1 aromatic heterocycles. The Labute approximate surface area is 128 Å². The summed E-state index contributed by atoms with van der Waals surface area (Å²) in [6.45, 7) is 7.50. The second-order valence-electron chi connectivity index (χ2n) is 4.46. The number of rotatable bonds is 5. The molecule has 0 spiro atoms. The molecule has 112 valence electrons. The van der Waals surface area contributed by atoms with Crippen molar-refractivity contribution < 1.29 is 4.74 Å². The minimum Gasteiger partial charge on any atom is -0.424 e. The number of hydrogen-bond donors (Lipinski definition) is 1. The number of nitrogens with zero attached hydrogens (tertiary/aromatic N) is 4. The van der Waals surface area contributed by atoms with Crippen molar-refractivity contribution in [2.75, 3.05) is 23.7 Å². The van der Waals surface area contributed by atoms with Crippen LogP contribution in [-0.2, 0) is 0 Å². The summed E-state index contributed by atoms with van der Waals surface area (Å²) in [6.07, 6.45) is 0. The summed E-state index contributed by atoms with van der Waals surface area (Å²) >= 11 is 5.93. The van der Waals surface area contributed by atoms with Crippen molar-refractivity contribution in [3.63, 3.8) is 0 Å². The molecule has 6 nitrogen and oxygen atoms in total. The second-order valence-corrected chi connectivity index (χ2v) is 4.90. The van der Waals surface area contributed by atoms with Crippen LogP contribution in [0.5, 0.6) is 11.8 Å². The van der Waals surface area contributed by atoms with Gasteiger partial charge in [-0.1, -0.05) is 11.6 Å². The normalized spacial score (nSPS) is 10.5. The van der Waals surface area contributed by atoms with Crippen molar-refractivity contribution in [2.45, 2.75) is 20.8 Å². The minimum absolute atomic E-state index is 0.133. The van der Waals surface area contributed by atoms with Gasteiger partial charge in [-0.25, -0.2) is 0 Å². The Morgan fingerprint density at radius 1 is 1.19 bits per heavy atom. The first-order valence-corrected chi connectivity index (χ1v) is 7.11. The summed E-state index contributed by atoms with van der Waals surface area (Å²) in [5, 5.41) is 0.652. The van der Waals surface area contributed by atoms with E-state index >= 15 is 0 Å². The largest absolute Gasteiger partial charge is 0.424 e. The first-order chi connectivity index (χ1) is 10.0. The van der Waals surface area contributed by atoms with E-state index in [1.165, 1.54) is 0 Å². The van der Waals surface area contributed by atoms with Gasteiger partial charge < -0.3 is 15.4 Å². The Hall–Kier alpha value is -2.08. The summed E-state index contributed by atoms with van der Waals surface area (Å²) in [6, 6.07) is 5.51. The maximum Gasteiger partial charge on any atom is 0.328 e. The number of nitrogens with two attached hydrogens (primary N) is 1. The molecule has 0 bridgehead atoms. The molecule has 0 fully saturated rings. The number of hydrogen-bond acceptors (Lipinski definition) is 6. The fraction of sp³-hybridized carbons (Fsp3) is 0.357. The molecule has 1 heterocycles. The van der Waals surface area contributed by atoms with Crippen LogP contribution in [0, 0.1) is 6.92 Å². The van der Waals surface area contributed by atoms with E-state index in [2.05, 4.69) is 15.0 Å². The molecule has 7 heteroatoms. The Balaban J connectivity index is 2.31. The zero-order valence-electron chi connectivity index (χ0n) is 12.3. The smallest absolute Gasteiger partial charge is 0.328 e. The van der Waals surface area contributed by atoms with Crippen molar-refractivity contribution in [3.8, 4) is 11.8 Å². The molecule has 21 heavy (non-hydrogen) atoms. The van der Waals surface area contributed by atoms with Gasteiger partial charge in [-0.3, -0.25) is 0 Å². The van der Waals surface area contributed by atoms with E-state index in [-0.39, 0.29) is 12.0 Å². The van der Waals surface area contributed by atoms with Crippen LogP contribution in [0.3, 0.4) is 0 Å². The van der Waals surface area contributed by atoms with Gasteiger partial charge in [0.25, 0.3) is 0 Å². The minimum atomic E-state index is 0.133. The zero-order chi connectivity index (χ0) is 15.4. The lowest BCUT2D eigenvalue weighted by Crippen LogP contribution is -2.25. The van der Waals surface area contributed by atoms with E-state index in [4.69, 9.17) is 22.1 Å². The molecule has 0 unspecified atom stereocenters. The van der Waals surface area contributed by atoms with Crippen LogP contribution in [-0.4, -0.2) is 28.0 Å². The molecule has 0 amide bonds. The van der Waals surface area contributed by atoms with Crippen molar-refractivity contribution in [2.24, 2.45) is 0 Å². The SMILES string of the molecule is CCN(CC)c1nc(N)nc(Oc2ccc(Cl)cc2C)n1. The maximum atomic E-state index is 5.93.